The van der Waals surface area contributed by atoms with Crippen molar-refractivity contribution in [1.29, 1.82) is 0 Å². The van der Waals surface area contributed by atoms with E-state index in [4.69, 9.17) is 13.9 Å². The van der Waals surface area contributed by atoms with E-state index < -0.39 is 12.1 Å². The number of benzene rings is 2. The van der Waals surface area contributed by atoms with Gasteiger partial charge in [0.1, 0.15) is 5.58 Å². The van der Waals surface area contributed by atoms with Crippen LogP contribution < -0.4 is 5.32 Å². The molecule has 29 heavy (non-hydrogen) atoms. The highest BCUT2D eigenvalue weighted by molar-refractivity contribution is 5.97. The average Bonchev–Trinajstić information content (AvgIpc) is 3.48. The van der Waals surface area contributed by atoms with E-state index in [1.54, 1.807) is 18.2 Å². The van der Waals surface area contributed by atoms with Crippen molar-refractivity contribution in [1.82, 2.24) is 5.32 Å². The molecule has 0 bridgehead atoms. The van der Waals surface area contributed by atoms with E-state index in [0.717, 1.165) is 18.2 Å². The minimum Gasteiger partial charge on any atom is -0.449 e. The minimum atomic E-state index is -1.04. The van der Waals surface area contributed by atoms with Crippen LogP contribution in [0.3, 0.4) is 0 Å². The van der Waals surface area contributed by atoms with Crippen LogP contribution in [-0.4, -0.2) is 24.5 Å². The first kappa shape index (κ1) is 19.2. The van der Waals surface area contributed by atoms with Crippen LogP contribution in [0.25, 0.3) is 11.0 Å². The van der Waals surface area contributed by atoms with E-state index in [1.807, 2.05) is 43.3 Å². The zero-order chi connectivity index (χ0) is 20.2. The molecular formula is C23H23NO5. The quantitative estimate of drug-likeness (QED) is 0.582. The summed E-state index contributed by atoms with van der Waals surface area (Å²) in [5.41, 5.74) is 1.82. The van der Waals surface area contributed by atoms with Gasteiger partial charge in [-0.1, -0.05) is 48.5 Å². The first-order valence-electron chi connectivity index (χ1n) is 9.81. The van der Waals surface area contributed by atoms with Crippen LogP contribution in [0.2, 0.25) is 0 Å². The lowest BCUT2D eigenvalue weighted by Crippen LogP contribution is -2.33. The van der Waals surface area contributed by atoms with Crippen molar-refractivity contribution in [3.63, 3.8) is 0 Å². The normalized spacial score (nSPS) is 14.5. The highest BCUT2D eigenvalue weighted by Crippen LogP contribution is 2.30. The number of esters is 1. The molecule has 0 spiro atoms. The lowest BCUT2D eigenvalue weighted by Gasteiger charge is -2.17. The number of fused-ring (bicyclic) bond motifs is 1. The molecule has 1 fully saturated rings. The second-order valence-corrected chi connectivity index (χ2v) is 7.02. The summed E-state index contributed by atoms with van der Waals surface area (Å²) < 4.78 is 17.0. The number of hydrogen-bond acceptors (Lipinski definition) is 5. The number of ether oxygens (including phenoxy) is 2. The van der Waals surface area contributed by atoms with Gasteiger partial charge in [0.2, 0.25) is 11.9 Å². The van der Waals surface area contributed by atoms with E-state index in [-0.39, 0.29) is 24.3 Å². The second kappa shape index (κ2) is 8.49. The topological polar surface area (TPSA) is 77.8 Å². The molecule has 1 amide bonds. The number of amides is 1. The molecule has 0 unspecified atom stereocenters. The molecule has 1 aliphatic carbocycles. The average molecular weight is 393 g/mol. The van der Waals surface area contributed by atoms with Crippen LogP contribution in [0.4, 0.5) is 0 Å². The van der Waals surface area contributed by atoms with Gasteiger partial charge in [-0.3, -0.25) is 4.79 Å². The molecule has 150 valence electrons. The Labute approximate surface area is 168 Å². The Kier molecular flexibility index (Phi) is 5.62. The number of carbonyl (C=O) groups excluding carboxylic acids is 2. The molecule has 6 heteroatoms. The van der Waals surface area contributed by atoms with Crippen molar-refractivity contribution in [2.75, 3.05) is 6.61 Å². The zero-order valence-electron chi connectivity index (χ0n) is 16.2. The summed E-state index contributed by atoms with van der Waals surface area (Å²) in [7, 11) is 0. The Morgan fingerprint density at radius 3 is 2.55 bits per heavy atom. The number of hydrogen-bond donors (Lipinski definition) is 1. The summed E-state index contributed by atoms with van der Waals surface area (Å²) in [6.45, 7) is 2.61. The maximum atomic E-state index is 13.0. The Balaban J connectivity index is 1.64. The number of para-hydroxylation sites is 1. The lowest BCUT2D eigenvalue weighted by atomic mass is 10.1. The van der Waals surface area contributed by atoms with Gasteiger partial charge in [0.15, 0.2) is 0 Å². The molecule has 0 radical (unpaired) electrons. The monoisotopic (exact) mass is 393 g/mol. The van der Waals surface area contributed by atoms with Crippen molar-refractivity contribution in [2.45, 2.75) is 38.5 Å². The summed E-state index contributed by atoms with van der Waals surface area (Å²) in [5.74, 6) is -0.940. The Hall–Kier alpha value is -3.12. The first-order valence-corrected chi connectivity index (χ1v) is 9.81. The van der Waals surface area contributed by atoms with Gasteiger partial charge in [-0.05, 0) is 25.8 Å². The van der Waals surface area contributed by atoms with Crippen LogP contribution >= 0.6 is 0 Å². The fourth-order valence-electron chi connectivity index (χ4n) is 3.18. The summed E-state index contributed by atoms with van der Waals surface area (Å²) in [4.78, 5) is 25.8. The lowest BCUT2D eigenvalue weighted by molar-refractivity contribution is -0.130. The summed E-state index contributed by atoms with van der Waals surface area (Å²) in [6.07, 6.45) is 0.851. The SMILES string of the molecule is CCOCc1c(C(=O)O[C@H](C(=O)NC2CC2)c2ccccc2)oc2ccccc12. The fourth-order valence-corrected chi connectivity index (χ4v) is 3.18. The number of nitrogens with one attached hydrogen (secondary N) is 1. The van der Waals surface area contributed by atoms with Gasteiger partial charge in [0.05, 0.1) is 6.61 Å². The summed E-state index contributed by atoms with van der Waals surface area (Å²) in [5, 5.41) is 3.71. The van der Waals surface area contributed by atoms with E-state index in [0.29, 0.717) is 23.3 Å². The van der Waals surface area contributed by atoms with Gasteiger partial charge >= 0.3 is 5.97 Å². The van der Waals surface area contributed by atoms with Gasteiger partial charge in [-0.15, -0.1) is 0 Å². The molecule has 1 N–H and O–H groups in total. The fraction of sp³-hybridized carbons (Fsp3) is 0.304. The molecule has 3 aromatic rings. The smallest absolute Gasteiger partial charge is 0.375 e. The second-order valence-electron chi connectivity index (χ2n) is 7.02. The molecule has 1 aliphatic rings. The molecule has 0 aliphatic heterocycles. The maximum absolute atomic E-state index is 13.0. The highest BCUT2D eigenvalue weighted by Gasteiger charge is 2.32. The van der Waals surface area contributed by atoms with Crippen LogP contribution in [0.5, 0.6) is 0 Å². The minimum absolute atomic E-state index is 0.0693. The molecule has 1 aromatic heterocycles. The van der Waals surface area contributed by atoms with E-state index in [1.165, 1.54) is 0 Å². The van der Waals surface area contributed by atoms with Crippen molar-refractivity contribution < 1.29 is 23.5 Å². The third-order valence-electron chi connectivity index (χ3n) is 4.82. The Morgan fingerprint density at radius 2 is 1.83 bits per heavy atom. The number of furan rings is 1. The van der Waals surface area contributed by atoms with E-state index >= 15 is 0 Å². The predicted molar refractivity (Wildman–Crippen MR) is 107 cm³/mol. The van der Waals surface area contributed by atoms with Gasteiger partial charge in [0, 0.05) is 29.2 Å². The molecule has 1 atom stereocenters. The molecule has 1 saturated carbocycles. The largest absolute Gasteiger partial charge is 0.449 e. The Bertz CT molecular complexity index is 1010. The maximum Gasteiger partial charge on any atom is 0.375 e. The standard InChI is InChI=1S/C23H23NO5/c1-2-27-14-18-17-10-6-7-11-19(17)28-21(18)23(26)29-20(15-8-4-3-5-9-15)22(25)24-16-12-13-16/h3-11,16,20H,2,12-14H2,1H3,(H,24,25)/t20-/m0/s1. The van der Waals surface area contributed by atoms with Crippen LogP contribution in [0, 0.1) is 0 Å². The molecule has 1 heterocycles. The molecule has 6 nitrogen and oxygen atoms in total. The zero-order valence-corrected chi connectivity index (χ0v) is 16.2. The predicted octanol–water partition coefficient (Wildman–Crippen LogP) is 4.15. The van der Waals surface area contributed by atoms with Crippen LogP contribution in [-0.2, 0) is 20.9 Å². The molecule has 2 aromatic carbocycles. The third kappa shape index (κ3) is 4.32. The van der Waals surface area contributed by atoms with Crippen LogP contribution in [0.15, 0.2) is 59.0 Å². The first-order chi connectivity index (χ1) is 14.2. The van der Waals surface area contributed by atoms with Gasteiger partial charge in [0.25, 0.3) is 5.91 Å². The number of rotatable bonds is 8. The van der Waals surface area contributed by atoms with Gasteiger partial charge in [-0.2, -0.15) is 0 Å². The van der Waals surface area contributed by atoms with Crippen molar-refractivity contribution in [2.24, 2.45) is 0 Å². The molecular weight excluding hydrogens is 370 g/mol. The van der Waals surface area contributed by atoms with E-state index in [9.17, 15) is 9.59 Å². The van der Waals surface area contributed by atoms with Gasteiger partial charge < -0.3 is 19.2 Å². The summed E-state index contributed by atoms with van der Waals surface area (Å²) >= 11 is 0. The Morgan fingerprint density at radius 1 is 1.10 bits per heavy atom. The molecule has 4 rings (SSSR count). The summed E-state index contributed by atoms with van der Waals surface area (Å²) in [6, 6.07) is 16.5. The van der Waals surface area contributed by atoms with Gasteiger partial charge in [-0.25, -0.2) is 4.79 Å². The third-order valence-corrected chi connectivity index (χ3v) is 4.82. The molecule has 0 saturated heterocycles. The van der Waals surface area contributed by atoms with E-state index in [2.05, 4.69) is 5.32 Å². The van der Waals surface area contributed by atoms with Crippen LogP contribution in [0.1, 0.15) is 47.6 Å². The number of carbonyl (C=O) groups is 2. The van der Waals surface area contributed by atoms with Crippen molar-refractivity contribution in [3.05, 3.63) is 71.5 Å². The highest BCUT2D eigenvalue weighted by atomic mass is 16.6. The van der Waals surface area contributed by atoms with Crippen molar-refractivity contribution in [3.8, 4) is 0 Å². The van der Waals surface area contributed by atoms with Crippen molar-refractivity contribution >= 4 is 22.8 Å².